The van der Waals surface area contributed by atoms with Crippen LogP contribution in [0.3, 0.4) is 0 Å². The first-order valence-corrected chi connectivity index (χ1v) is 14.5. The third-order valence-corrected chi connectivity index (χ3v) is 6.36. The van der Waals surface area contributed by atoms with Crippen LogP contribution < -0.4 is 0 Å². The predicted octanol–water partition coefficient (Wildman–Crippen LogP) is 6.58. The fourth-order valence-corrected chi connectivity index (χ4v) is 4.25. The number of carbonyl (C=O) groups is 4. The minimum atomic E-state index is -0.649. The molecule has 9 nitrogen and oxygen atoms in total. The molecule has 0 saturated heterocycles. The van der Waals surface area contributed by atoms with Crippen molar-refractivity contribution < 1.29 is 38.1 Å². The molecule has 0 aliphatic heterocycles. The average molecular weight is 582 g/mol. The number of benzene rings is 2. The molecule has 228 valence electrons. The normalized spacial score (nSPS) is 11.6. The van der Waals surface area contributed by atoms with Crippen LogP contribution in [0, 0.1) is 23.7 Å². The molecule has 0 aliphatic rings. The Hall–Kier alpha value is -3.88. The van der Waals surface area contributed by atoms with Gasteiger partial charge in [0.2, 0.25) is 0 Å². The minimum absolute atomic E-state index is 0.0637. The van der Waals surface area contributed by atoms with E-state index in [0.29, 0.717) is 21.8 Å². The van der Waals surface area contributed by atoms with Crippen LogP contribution >= 0.6 is 0 Å². The molecule has 0 unspecified atom stereocenters. The van der Waals surface area contributed by atoms with Gasteiger partial charge in [-0.1, -0.05) is 55.4 Å². The Balaban J connectivity index is 2.28. The minimum Gasteiger partial charge on any atom is -0.462 e. The quantitative estimate of drug-likeness (QED) is 0.174. The second-order valence-electron chi connectivity index (χ2n) is 12.4. The molecular weight excluding hydrogens is 538 g/mol. The molecule has 3 rings (SSSR count). The molecule has 42 heavy (non-hydrogen) atoms. The first kappa shape index (κ1) is 32.6. The summed E-state index contributed by atoms with van der Waals surface area (Å²) in [6, 6.07) is 6.37. The van der Waals surface area contributed by atoms with Gasteiger partial charge in [-0.25, -0.2) is 19.2 Å². The van der Waals surface area contributed by atoms with Crippen LogP contribution in [-0.4, -0.2) is 54.9 Å². The Morgan fingerprint density at radius 2 is 0.738 bits per heavy atom. The van der Waals surface area contributed by atoms with Crippen molar-refractivity contribution in [2.75, 3.05) is 26.4 Å². The highest BCUT2D eigenvalue weighted by Gasteiger charge is 2.27. The third kappa shape index (κ3) is 7.69. The number of ether oxygens (including phenoxy) is 4. The lowest BCUT2D eigenvalue weighted by atomic mass is 10.00. The smallest absolute Gasteiger partial charge is 0.339 e. The Labute approximate surface area is 247 Å². The van der Waals surface area contributed by atoms with Crippen molar-refractivity contribution in [3.63, 3.8) is 0 Å². The Kier molecular flexibility index (Phi) is 10.8. The van der Waals surface area contributed by atoms with Crippen molar-refractivity contribution in [2.45, 2.75) is 55.4 Å². The van der Waals surface area contributed by atoms with Gasteiger partial charge in [0.1, 0.15) is 0 Å². The van der Waals surface area contributed by atoms with Crippen LogP contribution in [0.4, 0.5) is 0 Å². The number of aromatic nitrogens is 1. The average Bonchev–Trinajstić information content (AvgIpc) is 3.20. The molecule has 0 fully saturated rings. The number of hydrogen-bond donors (Lipinski definition) is 0. The highest BCUT2D eigenvalue weighted by Crippen LogP contribution is 2.34. The summed E-state index contributed by atoms with van der Waals surface area (Å²) in [5.74, 6) is -2.16. The summed E-state index contributed by atoms with van der Waals surface area (Å²) in [6.45, 7) is 16.1. The Bertz CT molecular complexity index is 1370. The molecule has 0 atom stereocenters. The van der Waals surface area contributed by atoms with Gasteiger partial charge in [-0.3, -0.25) is 0 Å². The van der Waals surface area contributed by atoms with Gasteiger partial charge in [0.25, 0.3) is 0 Å². The van der Waals surface area contributed by atoms with Gasteiger partial charge >= 0.3 is 23.9 Å². The molecule has 0 spiro atoms. The molecule has 0 amide bonds. The zero-order valence-corrected chi connectivity index (χ0v) is 26.2. The molecular formula is C33H43NO8. The topological polar surface area (TPSA) is 110 Å². The first-order valence-electron chi connectivity index (χ1n) is 14.5. The third-order valence-electron chi connectivity index (χ3n) is 6.36. The molecule has 1 heterocycles. The van der Waals surface area contributed by atoms with Crippen LogP contribution in [0.15, 0.2) is 24.3 Å². The van der Waals surface area contributed by atoms with Crippen LogP contribution in [0.2, 0.25) is 0 Å². The van der Waals surface area contributed by atoms with E-state index in [1.807, 2.05) is 55.4 Å². The van der Waals surface area contributed by atoms with E-state index in [9.17, 15) is 19.2 Å². The maximum atomic E-state index is 13.2. The fraction of sp³-hybridized carbons (Fsp3) is 0.515. The van der Waals surface area contributed by atoms with Crippen molar-refractivity contribution in [3.05, 3.63) is 46.5 Å². The van der Waals surface area contributed by atoms with Crippen molar-refractivity contribution >= 4 is 45.7 Å². The maximum Gasteiger partial charge on any atom is 0.339 e. The summed E-state index contributed by atoms with van der Waals surface area (Å²) >= 11 is 0. The fourth-order valence-electron chi connectivity index (χ4n) is 4.25. The van der Waals surface area contributed by atoms with Crippen LogP contribution in [-0.2, 0) is 26.0 Å². The summed E-state index contributed by atoms with van der Waals surface area (Å²) < 4.78 is 23.8. The van der Waals surface area contributed by atoms with Crippen molar-refractivity contribution in [1.29, 1.82) is 0 Å². The van der Waals surface area contributed by atoms with Gasteiger partial charge in [-0.15, -0.1) is 0 Å². The standard InChI is InChI=1S/C33H43NO8/c1-18(2)14-39-30(35)24-10-22-23-11-25(31(36)40-15-19(3)4)27(33(38)42-17-21(7)8)13-29(23)34(9)28(22)12-26(24)32(37)41-16-20(5)6/h10-13,18-21H,14-17H2,1-9H3. The molecule has 0 aliphatic carbocycles. The van der Waals surface area contributed by atoms with E-state index >= 15 is 0 Å². The van der Waals surface area contributed by atoms with Gasteiger partial charge in [-0.05, 0) is 47.9 Å². The van der Waals surface area contributed by atoms with Crippen LogP contribution in [0.25, 0.3) is 21.8 Å². The van der Waals surface area contributed by atoms with E-state index < -0.39 is 23.9 Å². The zero-order chi connectivity index (χ0) is 31.3. The lowest BCUT2D eigenvalue weighted by molar-refractivity contribution is 0.0412. The van der Waals surface area contributed by atoms with Gasteiger partial charge < -0.3 is 23.5 Å². The number of rotatable bonds is 12. The zero-order valence-electron chi connectivity index (χ0n) is 26.2. The van der Waals surface area contributed by atoms with E-state index in [4.69, 9.17) is 18.9 Å². The van der Waals surface area contributed by atoms with E-state index in [1.165, 1.54) is 0 Å². The summed E-state index contributed by atoms with van der Waals surface area (Å²) in [6.07, 6.45) is 0. The number of carbonyl (C=O) groups excluding carboxylic acids is 4. The largest absolute Gasteiger partial charge is 0.462 e. The maximum absolute atomic E-state index is 13.2. The van der Waals surface area contributed by atoms with Crippen LogP contribution in [0.1, 0.15) is 96.8 Å². The summed E-state index contributed by atoms with van der Waals surface area (Å²) in [7, 11) is 1.78. The lowest BCUT2D eigenvalue weighted by Gasteiger charge is -2.13. The predicted molar refractivity (Wildman–Crippen MR) is 161 cm³/mol. The highest BCUT2D eigenvalue weighted by molar-refractivity contribution is 6.17. The van der Waals surface area contributed by atoms with Crippen molar-refractivity contribution in [3.8, 4) is 0 Å². The molecule has 0 radical (unpaired) electrons. The molecule has 0 N–H and O–H groups in total. The number of hydrogen-bond acceptors (Lipinski definition) is 8. The summed E-state index contributed by atoms with van der Waals surface area (Å²) in [4.78, 5) is 52.8. The van der Waals surface area contributed by atoms with Gasteiger partial charge in [-0.2, -0.15) is 0 Å². The molecule has 1 aromatic heterocycles. The van der Waals surface area contributed by atoms with Crippen molar-refractivity contribution in [2.24, 2.45) is 30.7 Å². The lowest BCUT2D eigenvalue weighted by Crippen LogP contribution is -2.17. The van der Waals surface area contributed by atoms with E-state index in [2.05, 4.69) is 0 Å². The van der Waals surface area contributed by atoms with E-state index in [-0.39, 0.29) is 72.4 Å². The SMILES string of the molecule is CC(C)COC(=O)c1cc2c3cc(C(=O)OCC(C)C)c(C(=O)OCC(C)C)cc3n(C)c2cc1C(=O)OCC(C)C. The second kappa shape index (κ2) is 13.9. The number of fused-ring (bicyclic) bond motifs is 3. The molecule has 2 aromatic carbocycles. The summed E-state index contributed by atoms with van der Waals surface area (Å²) in [5.41, 5.74) is 1.50. The molecule has 3 aromatic rings. The Morgan fingerprint density at radius 3 is 0.976 bits per heavy atom. The van der Waals surface area contributed by atoms with E-state index in [0.717, 1.165) is 0 Å². The molecule has 0 saturated carbocycles. The molecule has 9 heteroatoms. The number of esters is 4. The first-order chi connectivity index (χ1) is 19.7. The number of nitrogens with zero attached hydrogens (tertiary/aromatic N) is 1. The monoisotopic (exact) mass is 581 g/mol. The van der Waals surface area contributed by atoms with Gasteiger partial charge in [0, 0.05) is 28.9 Å². The molecule has 0 bridgehead atoms. The summed E-state index contributed by atoms with van der Waals surface area (Å²) in [5, 5.41) is 1.20. The number of aryl methyl sites for hydroxylation is 1. The van der Waals surface area contributed by atoms with Crippen LogP contribution in [0.5, 0.6) is 0 Å². The van der Waals surface area contributed by atoms with Gasteiger partial charge in [0.15, 0.2) is 0 Å². The van der Waals surface area contributed by atoms with Gasteiger partial charge in [0.05, 0.1) is 48.7 Å². The highest BCUT2D eigenvalue weighted by atomic mass is 16.5. The van der Waals surface area contributed by atoms with Crippen molar-refractivity contribution in [1.82, 2.24) is 4.57 Å². The second-order valence-corrected chi connectivity index (χ2v) is 12.4. The van der Waals surface area contributed by atoms with E-state index in [1.54, 1.807) is 35.9 Å². The Morgan fingerprint density at radius 1 is 0.500 bits per heavy atom.